The summed E-state index contributed by atoms with van der Waals surface area (Å²) in [5, 5.41) is 32.0. The third kappa shape index (κ3) is 3.23. The largest absolute Gasteiger partial charge is 1.00 e. The van der Waals surface area contributed by atoms with Gasteiger partial charge < -0.3 is 33.0 Å². The molecule has 1 aliphatic rings. The van der Waals surface area contributed by atoms with Crippen LogP contribution in [0.15, 0.2) is 36.4 Å². The maximum absolute atomic E-state index is 9.68. The van der Waals surface area contributed by atoms with Gasteiger partial charge >= 0.3 is 0 Å². The Morgan fingerprint density at radius 2 is 1.67 bits per heavy atom. The van der Waals surface area contributed by atoms with E-state index in [9.17, 15) is 15.3 Å². The van der Waals surface area contributed by atoms with Gasteiger partial charge in [0.1, 0.15) is 5.75 Å². The molecule has 2 aromatic rings. The summed E-state index contributed by atoms with van der Waals surface area (Å²) in [6.45, 7) is 0.847. The molecule has 0 aromatic heterocycles. The van der Waals surface area contributed by atoms with Crippen LogP contribution in [0.25, 0.3) is 0 Å². The van der Waals surface area contributed by atoms with Crippen LogP contribution >= 0.6 is 0 Å². The maximum Gasteiger partial charge on any atom is 0.157 e. The van der Waals surface area contributed by atoms with E-state index in [2.05, 4.69) is 5.32 Å². The summed E-state index contributed by atoms with van der Waals surface area (Å²) < 4.78 is 0. The van der Waals surface area contributed by atoms with Gasteiger partial charge in [0.15, 0.2) is 11.5 Å². The summed E-state index contributed by atoms with van der Waals surface area (Å²) in [7, 11) is 0. The van der Waals surface area contributed by atoms with E-state index in [-0.39, 0.29) is 35.7 Å². The standard InChI is InChI=1S/C16H17NO3.ClH/c18-12-3-1-10(2-4-12)7-14-13-9-16(20)15(19)8-11(13)5-6-17-14;/h1-4,8-9,14,17-20H,5-7H2;1H/p-1. The molecule has 1 aliphatic heterocycles. The van der Waals surface area contributed by atoms with E-state index in [0.29, 0.717) is 0 Å². The smallest absolute Gasteiger partial charge is 0.157 e. The van der Waals surface area contributed by atoms with Gasteiger partial charge in [-0.15, -0.1) is 0 Å². The molecular weight excluding hydrogens is 290 g/mol. The van der Waals surface area contributed by atoms with Crippen molar-refractivity contribution in [1.29, 1.82) is 0 Å². The first-order valence-electron chi connectivity index (χ1n) is 6.69. The Bertz CT molecular complexity index is 628. The Labute approximate surface area is 129 Å². The van der Waals surface area contributed by atoms with Crippen molar-refractivity contribution in [1.82, 2.24) is 5.32 Å². The highest BCUT2D eigenvalue weighted by molar-refractivity contribution is 5.48. The van der Waals surface area contributed by atoms with Crippen molar-refractivity contribution in [2.45, 2.75) is 18.9 Å². The number of aromatic hydroxyl groups is 3. The second-order valence-corrected chi connectivity index (χ2v) is 5.17. The van der Waals surface area contributed by atoms with Crippen LogP contribution in [0.3, 0.4) is 0 Å². The zero-order chi connectivity index (χ0) is 14.1. The molecular formula is C16H17ClNO3-. The van der Waals surface area contributed by atoms with Crippen molar-refractivity contribution in [3.8, 4) is 17.2 Å². The van der Waals surface area contributed by atoms with Crippen molar-refractivity contribution < 1.29 is 27.7 Å². The third-order valence-electron chi connectivity index (χ3n) is 3.77. The molecule has 112 valence electrons. The van der Waals surface area contributed by atoms with Crippen LogP contribution in [-0.2, 0) is 12.8 Å². The number of phenols is 3. The summed E-state index contributed by atoms with van der Waals surface area (Å²) in [4.78, 5) is 0. The molecule has 4 nitrogen and oxygen atoms in total. The lowest BCUT2D eigenvalue weighted by Crippen LogP contribution is -3.00. The normalized spacial score (nSPS) is 16.9. The Hall–Kier alpha value is -1.91. The van der Waals surface area contributed by atoms with E-state index in [1.165, 1.54) is 0 Å². The summed E-state index contributed by atoms with van der Waals surface area (Å²) in [5.41, 5.74) is 3.21. The van der Waals surface area contributed by atoms with Crippen LogP contribution < -0.4 is 17.7 Å². The van der Waals surface area contributed by atoms with Gasteiger partial charge in [-0.1, -0.05) is 12.1 Å². The zero-order valence-corrected chi connectivity index (χ0v) is 12.1. The van der Waals surface area contributed by atoms with Crippen molar-refractivity contribution >= 4 is 0 Å². The van der Waals surface area contributed by atoms with Gasteiger partial charge in [-0.2, -0.15) is 0 Å². The monoisotopic (exact) mass is 306 g/mol. The molecule has 21 heavy (non-hydrogen) atoms. The van der Waals surface area contributed by atoms with Crippen LogP contribution in [0.2, 0.25) is 0 Å². The quantitative estimate of drug-likeness (QED) is 0.550. The summed E-state index contributed by atoms with van der Waals surface area (Å²) in [6.07, 6.45) is 1.62. The number of hydrogen-bond donors (Lipinski definition) is 4. The summed E-state index contributed by atoms with van der Waals surface area (Å²) in [5.74, 6) is 0.116. The van der Waals surface area contributed by atoms with Crippen molar-refractivity contribution in [3.05, 3.63) is 53.1 Å². The predicted octanol–water partition coefficient (Wildman–Crippen LogP) is -0.763. The minimum atomic E-state index is -0.0804. The van der Waals surface area contributed by atoms with E-state index in [1.807, 2.05) is 12.1 Å². The summed E-state index contributed by atoms with van der Waals surface area (Å²) in [6, 6.07) is 10.5. The average Bonchev–Trinajstić information content (AvgIpc) is 2.43. The van der Waals surface area contributed by atoms with Gasteiger partial charge in [0.25, 0.3) is 0 Å². The van der Waals surface area contributed by atoms with E-state index in [0.717, 1.165) is 36.1 Å². The first-order valence-corrected chi connectivity index (χ1v) is 6.69. The van der Waals surface area contributed by atoms with Crippen LogP contribution in [0, 0.1) is 0 Å². The number of hydrogen-bond acceptors (Lipinski definition) is 4. The molecule has 1 heterocycles. The highest BCUT2D eigenvalue weighted by atomic mass is 35.5. The van der Waals surface area contributed by atoms with Gasteiger partial charge in [0.05, 0.1) is 0 Å². The molecule has 1 unspecified atom stereocenters. The molecule has 0 saturated heterocycles. The fourth-order valence-corrected chi connectivity index (χ4v) is 2.72. The second-order valence-electron chi connectivity index (χ2n) is 5.17. The molecule has 3 rings (SSSR count). The highest BCUT2D eigenvalue weighted by Gasteiger charge is 2.21. The number of halogens is 1. The van der Waals surface area contributed by atoms with Gasteiger partial charge in [-0.25, -0.2) is 0 Å². The molecule has 0 bridgehead atoms. The van der Waals surface area contributed by atoms with E-state index < -0.39 is 0 Å². The Kier molecular flexibility index (Phi) is 4.60. The highest BCUT2D eigenvalue weighted by Crippen LogP contribution is 2.34. The number of nitrogens with one attached hydrogen (secondary N) is 1. The van der Waals surface area contributed by atoms with E-state index >= 15 is 0 Å². The lowest BCUT2D eigenvalue weighted by atomic mass is 9.90. The predicted molar refractivity (Wildman–Crippen MR) is 76.0 cm³/mol. The fourth-order valence-electron chi connectivity index (χ4n) is 2.72. The molecule has 0 fully saturated rings. The molecule has 0 spiro atoms. The van der Waals surface area contributed by atoms with Gasteiger partial charge in [-0.3, -0.25) is 0 Å². The van der Waals surface area contributed by atoms with Crippen molar-refractivity contribution in [2.24, 2.45) is 0 Å². The molecule has 0 aliphatic carbocycles. The number of phenolic OH excluding ortho intramolecular Hbond substituents is 3. The van der Waals surface area contributed by atoms with Gasteiger partial charge in [-0.05, 0) is 60.3 Å². The van der Waals surface area contributed by atoms with Crippen molar-refractivity contribution in [3.63, 3.8) is 0 Å². The Morgan fingerprint density at radius 1 is 1.00 bits per heavy atom. The molecule has 4 N–H and O–H groups in total. The van der Waals surface area contributed by atoms with Crippen LogP contribution in [0.1, 0.15) is 22.7 Å². The zero-order valence-electron chi connectivity index (χ0n) is 11.4. The second kappa shape index (κ2) is 6.24. The molecule has 1 atom stereocenters. The summed E-state index contributed by atoms with van der Waals surface area (Å²) >= 11 is 0. The van der Waals surface area contributed by atoms with Crippen LogP contribution in [-0.4, -0.2) is 21.9 Å². The lowest BCUT2D eigenvalue weighted by Gasteiger charge is -2.27. The lowest BCUT2D eigenvalue weighted by molar-refractivity contribution is -0.00000692. The van der Waals surface area contributed by atoms with Crippen molar-refractivity contribution in [2.75, 3.05) is 6.54 Å². The topological polar surface area (TPSA) is 72.7 Å². The molecule has 2 aromatic carbocycles. The van der Waals surface area contributed by atoms with Gasteiger partial charge in [0.2, 0.25) is 0 Å². The maximum atomic E-state index is 9.68. The Morgan fingerprint density at radius 3 is 2.38 bits per heavy atom. The van der Waals surface area contributed by atoms with Gasteiger partial charge in [0, 0.05) is 6.04 Å². The number of rotatable bonds is 2. The fraction of sp³-hybridized carbons (Fsp3) is 0.250. The molecule has 0 amide bonds. The van der Waals surface area contributed by atoms with Crippen LogP contribution in [0.5, 0.6) is 17.2 Å². The van der Waals surface area contributed by atoms with Crippen LogP contribution in [0.4, 0.5) is 0 Å². The molecule has 0 radical (unpaired) electrons. The minimum absolute atomic E-state index is 0. The average molecular weight is 307 g/mol. The minimum Gasteiger partial charge on any atom is -1.00 e. The first kappa shape index (κ1) is 15.5. The van der Waals surface area contributed by atoms with E-state index in [1.54, 1.807) is 24.3 Å². The third-order valence-corrected chi connectivity index (χ3v) is 3.77. The Balaban J connectivity index is 0.00000161. The first-order chi connectivity index (χ1) is 9.63. The SMILES string of the molecule is Oc1ccc(CC2NCCc3cc(O)c(O)cc32)cc1.[Cl-]. The number of fused-ring (bicyclic) bond motifs is 1. The molecule has 5 heteroatoms. The number of benzene rings is 2. The van der Waals surface area contributed by atoms with E-state index in [4.69, 9.17) is 0 Å². The molecule has 0 saturated carbocycles.